The Morgan fingerprint density at radius 1 is 1.47 bits per heavy atom. The van der Waals surface area contributed by atoms with Crippen molar-refractivity contribution in [3.8, 4) is 0 Å². The highest BCUT2D eigenvalue weighted by atomic mass is 16.3. The lowest BCUT2D eigenvalue weighted by molar-refractivity contribution is 0.130. The third kappa shape index (κ3) is 2.80. The zero-order valence-electron chi connectivity index (χ0n) is 11.4. The maximum atomic E-state index is 9.56. The van der Waals surface area contributed by atoms with Crippen LogP contribution < -0.4 is 0 Å². The number of nitrogens with zero attached hydrogens (tertiary/aromatic N) is 3. The van der Waals surface area contributed by atoms with Crippen molar-refractivity contribution in [3.05, 3.63) is 36.3 Å². The zero-order chi connectivity index (χ0) is 13.2. The van der Waals surface area contributed by atoms with Crippen LogP contribution in [0.1, 0.15) is 31.9 Å². The molecule has 2 aromatic rings. The number of hydrogen-bond acceptors (Lipinski definition) is 3. The lowest BCUT2D eigenvalue weighted by atomic mass is 10.1. The monoisotopic (exact) mass is 259 g/mol. The molecule has 0 amide bonds. The largest absolute Gasteiger partial charge is 0.393 e. The van der Waals surface area contributed by atoms with E-state index in [1.165, 1.54) is 12.8 Å². The first kappa shape index (κ1) is 12.6. The van der Waals surface area contributed by atoms with Gasteiger partial charge in [0.25, 0.3) is 0 Å². The Morgan fingerprint density at radius 3 is 3.16 bits per heavy atom. The summed E-state index contributed by atoms with van der Waals surface area (Å²) in [6, 6.07) is 6.56. The van der Waals surface area contributed by atoms with Crippen molar-refractivity contribution in [3.63, 3.8) is 0 Å². The fraction of sp³-hybridized carbons (Fsp3) is 0.533. The fourth-order valence-corrected chi connectivity index (χ4v) is 3.04. The van der Waals surface area contributed by atoms with Gasteiger partial charge >= 0.3 is 0 Å². The van der Waals surface area contributed by atoms with Crippen molar-refractivity contribution in [1.29, 1.82) is 0 Å². The summed E-state index contributed by atoms with van der Waals surface area (Å²) in [6.07, 6.45) is 7.21. The summed E-state index contributed by atoms with van der Waals surface area (Å²) < 4.78 is 2.06. The number of fused-ring (bicyclic) bond motifs is 1. The van der Waals surface area contributed by atoms with E-state index in [9.17, 15) is 5.11 Å². The van der Waals surface area contributed by atoms with Gasteiger partial charge in [-0.3, -0.25) is 4.90 Å². The molecule has 1 aliphatic heterocycles. The van der Waals surface area contributed by atoms with Gasteiger partial charge in [0.05, 0.1) is 11.8 Å². The van der Waals surface area contributed by atoms with Crippen molar-refractivity contribution in [2.45, 2.75) is 44.9 Å². The Morgan fingerprint density at radius 2 is 2.37 bits per heavy atom. The Balaban J connectivity index is 1.73. The van der Waals surface area contributed by atoms with Crippen molar-refractivity contribution >= 4 is 5.65 Å². The van der Waals surface area contributed by atoms with Crippen LogP contribution in [0.15, 0.2) is 30.6 Å². The Kier molecular flexibility index (Phi) is 3.53. The molecule has 0 aromatic carbocycles. The Hall–Kier alpha value is -1.39. The van der Waals surface area contributed by atoms with Crippen LogP contribution in [0.25, 0.3) is 5.65 Å². The van der Waals surface area contributed by atoms with Gasteiger partial charge in [-0.25, -0.2) is 4.98 Å². The summed E-state index contributed by atoms with van der Waals surface area (Å²) in [7, 11) is 0. The lowest BCUT2D eigenvalue weighted by Crippen LogP contribution is -2.31. The first-order valence-corrected chi connectivity index (χ1v) is 7.07. The standard InChI is InChI=1S/C15H21N3O/c1-12(19)9-14-5-4-8-17(14)10-13-11-18-7-3-2-6-15(18)16-13/h2-3,6-7,11-12,14,19H,4-5,8-10H2,1H3. The normalized spacial score (nSPS) is 22.1. The molecule has 1 N–H and O–H groups in total. The minimum Gasteiger partial charge on any atom is -0.393 e. The number of rotatable bonds is 4. The van der Waals surface area contributed by atoms with E-state index in [1.807, 2.05) is 31.3 Å². The van der Waals surface area contributed by atoms with Crippen LogP contribution in [-0.4, -0.2) is 38.1 Å². The van der Waals surface area contributed by atoms with Crippen molar-refractivity contribution in [2.75, 3.05) is 6.54 Å². The highest BCUT2D eigenvalue weighted by Gasteiger charge is 2.26. The molecule has 0 radical (unpaired) electrons. The molecule has 2 atom stereocenters. The van der Waals surface area contributed by atoms with Gasteiger partial charge in [0.15, 0.2) is 0 Å². The molecule has 2 unspecified atom stereocenters. The van der Waals surface area contributed by atoms with Gasteiger partial charge in [0.2, 0.25) is 0 Å². The second-order valence-corrected chi connectivity index (χ2v) is 5.55. The van der Waals surface area contributed by atoms with E-state index >= 15 is 0 Å². The van der Waals surface area contributed by atoms with Gasteiger partial charge in [-0.15, -0.1) is 0 Å². The van der Waals surface area contributed by atoms with Gasteiger partial charge in [0.1, 0.15) is 5.65 Å². The van der Waals surface area contributed by atoms with Crippen LogP contribution in [0.2, 0.25) is 0 Å². The van der Waals surface area contributed by atoms with Gasteiger partial charge in [-0.1, -0.05) is 6.07 Å². The molecule has 4 nitrogen and oxygen atoms in total. The van der Waals surface area contributed by atoms with E-state index in [0.717, 1.165) is 30.9 Å². The maximum absolute atomic E-state index is 9.56. The molecule has 0 bridgehead atoms. The van der Waals surface area contributed by atoms with Crippen LogP contribution in [0, 0.1) is 0 Å². The lowest BCUT2D eigenvalue weighted by Gasteiger charge is -2.24. The molecule has 19 heavy (non-hydrogen) atoms. The Bertz CT molecular complexity index is 516. The maximum Gasteiger partial charge on any atom is 0.137 e. The van der Waals surface area contributed by atoms with Gasteiger partial charge < -0.3 is 9.51 Å². The zero-order valence-corrected chi connectivity index (χ0v) is 11.4. The smallest absolute Gasteiger partial charge is 0.137 e. The van der Waals surface area contributed by atoms with Crippen LogP contribution in [-0.2, 0) is 6.54 Å². The average molecular weight is 259 g/mol. The molecule has 0 saturated carbocycles. The predicted molar refractivity (Wildman–Crippen MR) is 74.9 cm³/mol. The van der Waals surface area contributed by atoms with E-state index in [4.69, 9.17) is 0 Å². The number of imidazole rings is 1. The quantitative estimate of drug-likeness (QED) is 0.914. The molecule has 2 aromatic heterocycles. The minimum absolute atomic E-state index is 0.216. The van der Waals surface area contributed by atoms with E-state index in [-0.39, 0.29) is 6.10 Å². The van der Waals surface area contributed by atoms with Crippen LogP contribution in [0.4, 0.5) is 0 Å². The van der Waals surface area contributed by atoms with Crippen molar-refractivity contribution in [2.24, 2.45) is 0 Å². The summed E-state index contributed by atoms with van der Waals surface area (Å²) >= 11 is 0. The summed E-state index contributed by atoms with van der Waals surface area (Å²) in [5, 5.41) is 9.56. The first-order chi connectivity index (χ1) is 9.22. The minimum atomic E-state index is -0.216. The van der Waals surface area contributed by atoms with E-state index in [1.54, 1.807) is 0 Å². The SMILES string of the molecule is CC(O)CC1CCCN1Cc1cn2ccccc2n1. The fourth-order valence-electron chi connectivity index (χ4n) is 3.04. The van der Waals surface area contributed by atoms with Crippen molar-refractivity contribution < 1.29 is 5.11 Å². The molecule has 0 aliphatic carbocycles. The molecule has 1 saturated heterocycles. The van der Waals surface area contributed by atoms with E-state index < -0.39 is 0 Å². The molecule has 4 heteroatoms. The second-order valence-electron chi connectivity index (χ2n) is 5.55. The van der Waals surface area contributed by atoms with Gasteiger partial charge in [-0.05, 0) is 44.9 Å². The van der Waals surface area contributed by atoms with Crippen LogP contribution >= 0.6 is 0 Å². The summed E-state index contributed by atoms with van der Waals surface area (Å²) in [4.78, 5) is 7.10. The number of likely N-dealkylation sites (tertiary alicyclic amines) is 1. The summed E-state index contributed by atoms with van der Waals surface area (Å²) in [5.74, 6) is 0. The van der Waals surface area contributed by atoms with Gasteiger partial charge in [0, 0.05) is 25.0 Å². The summed E-state index contributed by atoms with van der Waals surface area (Å²) in [6.45, 7) is 3.88. The molecule has 0 spiro atoms. The van der Waals surface area contributed by atoms with Gasteiger partial charge in [-0.2, -0.15) is 0 Å². The molecule has 1 aliphatic rings. The van der Waals surface area contributed by atoms with Crippen LogP contribution in [0.3, 0.4) is 0 Å². The third-order valence-corrected chi connectivity index (χ3v) is 3.89. The first-order valence-electron chi connectivity index (χ1n) is 7.07. The number of pyridine rings is 1. The molecular formula is C15H21N3O. The highest BCUT2D eigenvalue weighted by molar-refractivity contribution is 5.39. The topological polar surface area (TPSA) is 40.8 Å². The van der Waals surface area contributed by atoms with E-state index in [0.29, 0.717) is 6.04 Å². The number of aliphatic hydroxyl groups is 1. The number of aliphatic hydroxyl groups excluding tert-OH is 1. The molecule has 1 fully saturated rings. The van der Waals surface area contributed by atoms with E-state index in [2.05, 4.69) is 20.5 Å². The average Bonchev–Trinajstić information content (AvgIpc) is 2.95. The number of hydrogen-bond donors (Lipinski definition) is 1. The summed E-state index contributed by atoms with van der Waals surface area (Å²) in [5.41, 5.74) is 2.12. The third-order valence-electron chi connectivity index (χ3n) is 3.89. The number of aromatic nitrogens is 2. The molecule has 3 rings (SSSR count). The molecular weight excluding hydrogens is 238 g/mol. The van der Waals surface area contributed by atoms with Crippen molar-refractivity contribution in [1.82, 2.24) is 14.3 Å². The second kappa shape index (κ2) is 5.31. The van der Waals surface area contributed by atoms with Crippen LogP contribution in [0.5, 0.6) is 0 Å². The molecule has 3 heterocycles. The predicted octanol–water partition coefficient (Wildman–Crippen LogP) is 2.07. The Labute approximate surface area is 113 Å². The molecule has 102 valence electrons. The highest BCUT2D eigenvalue weighted by Crippen LogP contribution is 2.23.